The van der Waals surface area contributed by atoms with Crippen molar-refractivity contribution in [1.82, 2.24) is 34.8 Å². The van der Waals surface area contributed by atoms with E-state index < -0.39 is 11.9 Å². The molecule has 11 heteroatoms. The molecule has 28 heavy (non-hydrogen) atoms. The van der Waals surface area contributed by atoms with E-state index in [0.29, 0.717) is 30.0 Å². The Morgan fingerprint density at radius 3 is 2.75 bits per heavy atom. The molecule has 1 N–H and O–H groups in total. The van der Waals surface area contributed by atoms with Gasteiger partial charge in [-0.05, 0) is 31.5 Å². The number of carbonyl (C=O) groups is 1. The lowest BCUT2D eigenvalue weighted by atomic mass is 10.1. The number of amides is 1. The van der Waals surface area contributed by atoms with Crippen molar-refractivity contribution >= 4 is 5.91 Å². The minimum absolute atomic E-state index is 0.194. The highest BCUT2D eigenvalue weighted by molar-refractivity contribution is 5.91. The standard InChI is InChI=1S/C17H16F3N7O/c1-9-22-15(26(2)24-9)16(28)23-11-4-6-27-13(11)8-12(25-27)10-3-5-21-14(7-10)17(18,19)20/h3,5,7-8,11H,4,6H2,1-2H3,(H,23,28). The number of fused-ring (bicyclic) bond motifs is 1. The van der Waals surface area contributed by atoms with Gasteiger partial charge in [-0.15, -0.1) is 0 Å². The lowest BCUT2D eigenvalue weighted by Gasteiger charge is -2.11. The molecular formula is C17H16F3N7O. The van der Waals surface area contributed by atoms with Crippen molar-refractivity contribution in [2.24, 2.45) is 7.05 Å². The Morgan fingerprint density at radius 2 is 2.07 bits per heavy atom. The predicted molar refractivity (Wildman–Crippen MR) is 91.0 cm³/mol. The smallest absolute Gasteiger partial charge is 0.341 e. The summed E-state index contributed by atoms with van der Waals surface area (Å²) < 4.78 is 41.8. The second kappa shape index (κ2) is 6.43. The number of aryl methyl sites for hydroxylation is 3. The minimum Gasteiger partial charge on any atom is -0.341 e. The molecule has 4 rings (SSSR count). The Labute approximate surface area is 157 Å². The first kappa shape index (κ1) is 18.1. The van der Waals surface area contributed by atoms with Gasteiger partial charge in [-0.1, -0.05) is 0 Å². The van der Waals surface area contributed by atoms with Crippen LogP contribution in [0, 0.1) is 6.92 Å². The fourth-order valence-electron chi connectivity index (χ4n) is 3.26. The molecule has 4 heterocycles. The van der Waals surface area contributed by atoms with Crippen molar-refractivity contribution in [3.63, 3.8) is 0 Å². The Bertz CT molecular complexity index is 1050. The molecule has 146 valence electrons. The third-order valence-corrected chi connectivity index (χ3v) is 4.52. The molecule has 0 bridgehead atoms. The maximum atomic E-state index is 12.9. The summed E-state index contributed by atoms with van der Waals surface area (Å²) in [5.41, 5.74) is 0.475. The number of alkyl halides is 3. The molecular weight excluding hydrogens is 375 g/mol. The van der Waals surface area contributed by atoms with Crippen LogP contribution in [0.4, 0.5) is 13.2 Å². The summed E-state index contributed by atoms with van der Waals surface area (Å²) in [6, 6.07) is 3.82. The van der Waals surface area contributed by atoms with Gasteiger partial charge in [0.1, 0.15) is 11.5 Å². The summed E-state index contributed by atoms with van der Waals surface area (Å²) in [4.78, 5) is 19.9. The first-order valence-electron chi connectivity index (χ1n) is 8.52. The van der Waals surface area contributed by atoms with E-state index in [-0.39, 0.29) is 17.8 Å². The molecule has 1 aliphatic rings. The van der Waals surface area contributed by atoms with Crippen LogP contribution in [0.5, 0.6) is 0 Å². The highest BCUT2D eigenvalue weighted by Crippen LogP contribution is 2.33. The van der Waals surface area contributed by atoms with E-state index in [1.807, 2.05) is 0 Å². The molecule has 0 saturated heterocycles. The van der Waals surface area contributed by atoms with Crippen molar-refractivity contribution in [3.05, 3.63) is 47.4 Å². The predicted octanol–water partition coefficient (Wildman–Crippen LogP) is 2.28. The van der Waals surface area contributed by atoms with E-state index in [9.17, 15) is 18.0 Å². The van der Waals surface area contributed by atoms with Gasteiger partial charge in [-0.2, -0.15) is 23.4 Å². The van der Waals surface area contributed by atoms with Crippen LogP contribution in [0.25, 0.3) is 11.3 Å². The highest BCUT2D eigenvalue weighted by Gasteiger charge is 2.33. The number of aromatic nitrogens is 6. The van der Waals surface area contributed by atoms with Gasteiger partial charge in [0.25, 0.3) is 5.91 Å². The number of pyridine rings is 1. The molecule has 0 fully saturated rings. The normalized spacial score (nSPS) is 16.2. The Morgan fingerprint density at radius 1 is 1.29 bits per heavy atom. The van der Waals surface area contributed by atoms with Crippen molar-refractivity contribution in [1.29, 1.82) is 0 Å². The van der Waals surface area contributed by atoms with Crippen molar-refractivity contribution in [3.8, 4) is 11.3 Å². The summed E-state index contributed by atoms with van der Waals surface area (Å²) in [7, 11) is 1.63. The Balaban J connectivity index is 1.58. The fraction of sp³-hybridized carbons (Fsp3) is 0.353. The van der Waals surface area contributed by atoms with Crippen LogP contribution in [0.3, 0.4) is 0 Å². The fourth-order valence-corrected chi connectivity index (χ4v) is 3.26. The number of carbonyl (C=O) groups excluding carboxylic acids is 1. The second-order valence-electron chi connectivity index (χ2n) is 6.53. The van der Waals surface area contributed by atoms with Gasteiger partial charge in [0, 0.05) is 25.4 Å². The molecule has 3 aromatic heterocycles. The summed E-state index contributed by atoms with van der Waals surface area (Å²) in [6.07, 6.45) is -2.78. The molecule has 3 aromatic rings. The van der Waals surface area contributed by atoms with Gasteiger partial charge < -0.3 is 5.32 Å². The quantitative estimate of drug-likeness (QED) is 0.740. The average Bonchev–Trinajstić information content (AvgIpc) is 3.30. The lowest BCUT2D eigenvalue weighted by Crippen LogP contribution is -2.29. The third kappa shape index (κ3) is 3.23. The van der Waals surface area contributed by atoms with Crippen LogP contribution >= 0.6 is 0 Å². The van der Waals surface area contributed by atoms with Gasteiger partial charge in [0.15, 0.2) is 0 Å². The summed E-state index contributed by atoms with van der Waals surface area (Å²) in [5, 5.41) is 11.3. The van der Waals surface area contributed by atoms with Crippen molar-refractivity contribution in [2.75, 3.05) is 0 Å². The lowest BCUT2D eigenvalue weighted by molar-refractivity contribution is -0.141. The zero-order valence-electron chi connectivity index (χ0n) is 15.0. The van der Waals surface area contributed by atoms with E-state index in [4.69, 9.17) is 0 Å². The van der Waals surface area contributed by atoms with E-state index in [1.54, 1.807) is 24.7 Å². The van der Waals surface area contributed by atoms with Crippen LogP contribution < -0.4 is 5.32 Å². The van der Waals surface area contributed by atoms with Crippen LogP contribution in [0.1, 0.15) is 40.3 Å². The number of nitrogens with one attached hydrogen (secondary N) is 1. The molecule has 0 radical (unpaired) electrons. The molecule has 1 amide bonds. The summed E-state index contributed by atoms with van der Waals surface area (Å²) in [5.74, 6) is 0.316. The number of halogens is 3. The zero-order valence-corrected chi connectivity index (χ0v) is 15.0. The Kier molecular flexibility index (Phi) is 4.16. The van der Waals surface area contributed by atoms with E-state index in [1.165, 1.54) is 10.7 Å². The highest BCUT2D eigenvalue weighted by atomic mass is 19.4. The minimum atomic E-state index is -4.52. The van der Waals surface area contributed by atoms with Crippen LogP contribution in [0.15, 0.2) is 24.4 Å². The molecule has 0 spiro atoms. The van der Waals surface area contributed by atoms with Gasteiger partial charge in [-0.3, -0.25) is 14.5 Å². The zero-order chi connectivity index (χ0) is 20.1. The third-order valence-electron chi connectivity index (χ3n) is 4.52. The first-order valence-corrected chi connectivity index (χ1v) is 8.52. The topological polar surface area (TPSA) is 90.5 Å². The largest absolute Gasteiger partial charge is 0.433 e. The first-order chi connectivity index (χ1) is 13.2. The molecule has 0 aromatic carbocycles. The summed E-state index contributed by atoms with van der Waals surface area (Å²) >= 11 is 0. The van der Waals surface area contributed by atoms with Gasteiger partial charge in [0.05, 0.1) is 17.4 Å². The number of hydrogen-bond acceptors (Lipinski definition) is 5. The molecule has 8 nitrogen and oxygen atoms in total. The molecule has 0 saturated carbocycles. The molecule has 1 atom stereocenters. The Hall–Kier alpha value is -3.24. The van der Waals surface area contributed by atoms with Gasteiger partial charge >= 0.3 is 6.18 Å². The van der Waals surface area contributed by atoms with E-state index in [0.717, 1.165) is 18.0 Å². The number of rotatable bonds is 3. The maximum Gasteiger partial charge on any atom is 0.433 e. The van der Waals surface area contributed by atoms with E-state index >= 15 is 0 Å². The number of hydrogen-bond donors (Lipinski definition) is 1. The van der Waals surface area contributed by atoms with Crippen LogP contribution in [0.2, 0.25) is 0 Å². The van der Waals surface area contributed by atoms with Crippen LogP contribution in [-0.4, -0.2) is 35.4 Å². The summed E-state index contributed by atoms with van der Waals surface area (Å²) in [6.45, 7) is 2.24. The van der Waals surface area contributed by atoms with Gasteiger partial charge in [-0.25, -0.2) is 9.67 Å². The second-order valence-corrected chi connectivity index (χ2v) is 6.53. The maximum absolute atomic E-state index is 12.9. The SMILES string of the molecule is Cc1nc(C(=O)NC2CCn3nc(-c4ccnc(C(F)(F)F)c4)cc32)n(C)n1. The van der Waals surface area contributed by atoms with Gasteiger partial charge in [0.2, 0.25) is 5.82 Å². The van der Waals surface area contributed by atoms with Crippen LogP contribution in [-0.2, 0) is 19.8 Å². The van der Waals surface area contributed by atoms with Crippen molar-refractivity contribution in [2.45, 2.75) is 32.1 Å². The van der Waals surface area contributed by atoms with Crippen molar-refractivity contribution < 1.29 is 18.0 Å². The monoisotopic (exact) mass is 391 g/mol. The van der Waals surface area contributed by atoms with E-state index in [2.05, 4.69) is 25.5 Å². The molecule has 0 aliphatic carbocycles. The average molecular weight is 391 g/mol. The number of nitrogens with zero attached hydrogens (tertiary/aromatic N) is 6. The molecule has 1 unspecified atom stereocenters. The molecule has 1 aliphatic heterocycles.